The molecule has 2 aromatic rings. The van der Waals surface area contributed by atoms with Crippen LogP contribution in [-0.2, 0) is 4.79 Å². The minimum Gasteiger partial charge on any atom is -0.349 e. The van der Waals surface area contributed by atoms with Crippen LogP contribution < -0.4 is 5.32 Å². The van der Waals surface area contributed by atoms with Crippen LogP contribution in [0.15, 0.2) is 59.5 Å². The third-order valence-corrected chi connectivity index (χ3v) is 4.69. The van der Waals surface area contributed by atoms with E-state index in [2.05, 4.69) is 31.3 Å². The fourth-order valence-corrected chi connectivity index (χ4v) is 3.19. The Morgan fingerprint density at radius 2 is 1.74 bits per heavy atom. The van der Waals surface area contributed by atoms with Crippen molar-refractivity contribution in [2.24, 2.45) is 5.92 Å². The second kappa shape index (κ2) is 8.99. The fraction of sp³-hybridized carbons (Fsp3) is 0.316. The first kappa shape index (κ1) is 17.9. The number of carbonyl (C=O) groups is 1. The van der Waals surface area contributed by atoms with Crippen LogP contribution in [0, 0.1) is 5.92 Å². The van der Waals surface area contributed by atoms with Crippen LogP contribution in [0.3, 0.4) is 0 Å². The van der Waals surface area contributed by atoms with E-state index in [0.29, 0.717) is 16.7 Å². The summed E-state index contributed by atoms with van der Waals surface area (Å²) in [6.07, 6.45) is 0.932. The summed E-state index contributed by atoms with van der Waals surface area (Å²) in [5, 5.41) is 3.87. The van der Waals surface area contributed by atoms with Crippen LogP contribution in [0.1, 0.15) is 31.9 Å². The Bertz CT molecular complexity index is 613. The maximum Gasteiger partial charge on any atom is 0.230 e. The van der Waals surface area contributed by atoms with Gasteiger partial charge in [0.2, 0.25) is 5.91 Å². The molecule has 2 aromatic carbocycles. The lowest BCUT2D eigenvalue weighted by atomic mass is 9.97. The van der Waals surface area contributed by atoms with Crippen molar-refractivity contribution in [1.82, 2.24) is 5.32 Å². The number of rotatable bonds is 7. The number of halogens is 1. The van der Waals surface area contributed by atoms with Crippen LogP contribution in [0.5, 0.6) is 0 Å². The Morgan fingerprint density at radius 3 is 2.35 bits per heavy atom. The molecule has 0 bridgehead atoms. The Labute approximate surface area is 147 Å². The number of benzene rings is 2. The maximum atomic E-state index is 12.3. The molecule has 23 heavy (non-hydrogen) atoms. The van der Waals surface area contributed by atoms with Gasteiger partial charge in [0.1, 0.15) is 0 Å². The molecule has 0 heterocycles. The molecule has 0 aliphatic rings. The molecular weight excluding hydrogens is 326 g/mol. The molecule has 0 unspecified atom stereocenters. The lowest BCUT2D eigenvalue weighted by molar-refractivity contribution is -0.119. The minimum absolute atomic E-state index is 0.0550. The second-order valence-electron chi connectivity index (χ2n) is 5.90. The summed E-state index contributed by atoms with van der Waals surface area (Å²) in [5.41, 5.74) is 1.16. The van der Waals surface area contributed by atoms with Gasteiger partial charge in [0, 0.05) is 9.92 Å². The van der Waals surface area contributed by atoms with Gasteiger partial charge in [0.25, 0.3) is 0 Å². The molecule has 2 nitrogen and oxygen atoms in total. The summed E-state index contributed by atoms with van der Waals surface area (Å²) in [4.78, 5) is 13.3. The molecule has 0 aliphatic carbocycles. The van der Waals surface area contributed by atoms with Gasteiger partial charge in [0.05, 0.1) is 11.8 Å². The topological polar surface area (TPSA) is 29.1 Å². The van der Waals surface area contributed by atoms with Crippen molar-refractivity contribution in [3.05, 3.63) is 65.2 Å². The first-order valence-corrected chi connectivity index (χ1v) is 9.13. The highest BCUT2D eigenvalue weighted by atomic mass is 35.5. The van der Waals surface area contributed by atoms with Gasteiger partial charge >= 0.3 is 0 Å². The fourth-order valence-electron chi connectivity index (χ4n) is 2.35. The van der Waals surface area contributed by atoms with Gasteiger partial charge in [-0.25, -0.2) is 0 Å². The van der Waals surface area contributed by atoms with Gasteiger partial charge in [-0.05, 0) is 42.2 Å². The molecule has 0 spiro atoms. The van der Waals surface area contributed by atoms with E-state index < -0.39 is 0 Å². The SMILES string of the molecule is CC(C)C[C@@H](NC(=O)CSc1ccc(Cl)cc1)c1ccccc1. The second-order valence-corrected chi connectivity index (χ2v) is 7.39. The zero-order valence-electron chi connectivity index (χ0n) is 13.5. The van der Waals surface area contributed by atoms with E-state index in [1.54, 1.807) is 0 Å². The Morgan fingerprint density at radius 1 is 1.09 bits per heavy atom. The molecule has 0 saturated carbocycles. The highest BCUT2D eigenvalue weighted by molar-refractivity contribution is 8.00. The standard InChI is InChI=1S/C19H22ClNOS/c1-14(2)12-18(15-6-4-3-5-7-15)21-19(22)13-23-17-10-8-16(20)9-11-17/h3-11,14,18H,12-13H2,1-2H3,(H,21,22)/t18-/m1/s1. The predicted octanol–water partition coefficient (Wildman–Crippen LogP) is 5.34. The summed E-state index contributed by atoms with van der Waals surface area (Å²) >= 11 is 7.39. The van der Waals surface area contributed by atoms with E-state index in [4.69, 9.17) is 11.6 Å². The first-order chi connectivity index (χ1) is 11.0. The third kappa shape index (κ3) is 6.28. The van der Waals surface area contributed by atoms with Crippen molar-refractivity contribution in [1.29, 1.82) is 0 Å². The summed E-state index contributed by atoms with van der Waals surface area (Å²) in [6.45, 7) is 4.34. The molecule has 4 heteroatoms. The molecule has 2 rings (SSSR count). The smallest absolute Gasteiger partial charge is 0.230 e. The van der Waals surface area contributed by atoms with Gasteiger partial charge in [-0.3, -0.25) is 4.79 Å². The summed E-state index contributed by atoms with van der Waals surface area (Å²) in [6, 6.07) is 17.8. The Balaban J connectivity index is 1.93. The van der Waals surface area contributed by atoms with Crippen LogP contribution in [0.4, 0.5) is 0 Å². The van der Waals surface area contributed by atoms with E-state index in [9.17, 15) is 4.79 Å². The number of thioether (sulfide) groups is 1. The molecule has 1 N–H and O–H groups in total. The van der Waals surface area contributed by atoms with Crippen molar-refractivity contribution in [3.63, 3.8) is 0 Å². The summed E-state index contributed by atoms with van der Waals surface area (Å²) < 4.78 is 0. The molecule has 1 atom stereocenters. The lowest BCUT2D eigenvalue weighted by Gasteiger charge is -2.21. The van der Waals surface area contributed by atoms with Crippen molar-refractivity contribution < 1.29 is 4.79 Å². The third-order valence-electron chi connectivity index (χ3n) is 3.43. The molecule has 0 aromatic heterocycles. The monoisotopic (exact) mass is 347 g/mol. The molecule has 0 radical (unpaired) electrons. The van der Waals surface area contributed by atoms with Crippen molar-refractivity contribution >= 4 is 29.3 Å². The minimum atomic E-state index is 0.0550. The predicted molar refractivity (Wildman–Crippen MR) is 99.0 cm³/mol. The van der Waals surface area contributed by atoms with Gasteiger partial charge in [-0.1, -0.05) is 55.8 Å². The van der Waals surface area contributed by atoms with E-state index in [1.165, 1.54) is 11.8 Å². The quantitative estimate of drug-likeness (QED) is 0.685. The number of amides is 1. The van der Waals surface area contributed by atoms with Gasteiger partial charge in [-0.15, -0.1) is 11.8 Å². The highest BCUT2D eigenvalue weighted by Crippen LogP contribution is 2.23. The Hall–Kier alpha value is -1.45. The number of nitrogens with one attached hydrogen (secondary N) is 1. The van der Waals surface area contributed by atoms with Crippen molar-refractivity contribution in [2.75, 3.05) is 5.75 Å². The van der Waals surface area contributed by atoms with E-state index in [0.717, 1.165) is 16.9 Å². The molecular formula is C19H22ClNOS. The van der Waals surface area contributed by atoms with Crippen LogP contribution in [-0.4, -0.2) is 11.7 Å². The molecule has 0 fully saturated rings. The lowest BCUT2D eigenvalue weighted by Crippen LogP contribution is -2.30. The van der Waals surface area contributed by atoms with Crippen LogP contribution in [0.25, 0.3) is 0 Å². The average Bonchev–Trinajstić information content (AvgIpc) is 2.54. The molecule has 0 aliphatic heterocycles. The van der Waals surface area contributed by atoms with Crippen LogP contribution in [0.2, 0.25) is 5.02 Å². The first-order valence-electron chi connectivity index (χ1n) is 7.77. The van der Waals surface area contributed by atoms with Gasteiger partial charge in [-0.2, -0.15) is 0 Å². The average molecular weight is 348 g/mol. The summed E-state index contributed by atoms with van der Waals surface area (Å²) in [7, 11) is 0. The van der Waals surface area contributed by atoms with E-state index >= 15 is 0 Å². The molecule has 0 saturated heterocycles. The maximum absolute atomic E-state index is 12.3. The van der Waals surface area contributed by atoms with E-state index in [1.807, 2.05) is 42.5 Å². The van der Waals surface area contributed by atoms with Crippen molar-refractivity contribution in [3.8, 4) is 0 Å². The molecule has 1 amide bonds. The number of carbonyl (C=O) groups excluding carboxylic acids is 1. The zero-order chi connectivity index (χ0) is 16.7. The summed E-state index contributed by atoms with van der Waals surface area (Å²) in [5.74, 6) is 0.979. The Kier molecular flexibility index (Phi) is 7.00. The van der Waals surface area contributed by atoms with Crippen molar-refractivity contribution in [2.45, 2.75) is 31.2 Å². The van der Waals surface area contributed by atoms with Crippen LogP contribution >= 0.6 is 23.4 Å². The normalized spacial score (nSPS) is 12.2. The zero-order valence-corrected chi connectivity index (χ0v) is 15.0. The van der Waals surface area contributed by atoms with Gasteiger partial charge in [0.15, 0.2) is 0 Å². The number of hydrogen-bond donors (Lipinski definition) is 1. The molecule has 122 valence electrons. The van der Waals surface area contributed by atoms with E-state index in [-0.39, 0.29) is 11.9 Å². The highest BCUT2D eigenvalue weighted by Gasteiger charge is 2.16. The largest absolute Gasteiger partial charge is 0.349 e. The number of hydrogen-bond acceptors (Lipinski definition) is 2. The van der Waals surface area contributed by atoms with Gasteiger partial charge < -0.3 is 5.32 Å².